The quantitative estimate of drug-likeness (QED) is 0.431. The fraction of sp³-hybridized carbons (Fsp3) is 0.679. The summed E-state index contributed by atoms with van der Waals surface area (Å²) in [6, 6.07) is 0. The molecule has 0 saturated heterocycles. The molecule has 0 N–H and O–H groups in total. The van der Waals surface area contributed by atoms with Gasteiger partial charge in [-0.2, -0.15) is 0 Å². The van der Waals surface area contributed by atoms with Crippen molar-refractivity contribution in [3.05, 3.63) is 35.6 Å². The predicted molar refractivity (Wildman–Crippen MR) is 126 cm³/mol. The van der Waals surface area contributed by atoms with E-state index >= 15 is 0 Å². The minimum absolute atomic E-state index is 0.00677. The highest BCUT2D eigenvalue weighted by molar-refractivity contribution is 6.10. The number of fused-ring (bicyclic) bond motifs is 2. The van der Waals surface area contributed by atoms with E-state index in [4.69, 9.17) is 9.47 Å². The first-order valence-electron chi connectivity index (χ1n) is 12.3. The molecule has 2 fully saturated rings. The molecule has 180 valence electrons. The van der Waals surface area contributed by atoms with Crippen LogP contribution in [0.15, 0.2) is 35.6 Å². The number of ketones is 2. The molecule has 4 aliphatic carbocycles. The highest BCUT2D eigenvalue weighted by Gasteiger charge is 2.59. The second-order valence-electron chi connectivity index (χ2n) is 11.2. The number of Topliss-reactive ketones (excluding diaryl/α,β-unsaturated/α-hetero) is 1. The maximum atomic E-state index is 13.4. The number of methoxy groups -OCH3 is 2. The van der Waals surface area contributed by atoms with Crippen molar-refractivity contribution in [3.8, 4) is 0 Å². The minimum Gasteiger partial charge on any atom is -0.493 e. The van der Waals surface area contributed by atoms with Gasteiger partial charge in [0.2, 0.25) is 5.78 Å². The van der Waals surface area contributed by atoms with Crippen LogP contribution in [0, 0.1) is 40.4 Å². The molecule has 0 aromatic rings. The standard InChI is InChI=1S/C28H38O5/c1-16-8-10-18-21(29)15-22(32-5)25(30)24(18)19(16)14-20-17(2)9-11-23-27(20,3)12-7-13-28(23,4)26(31)33-6/h8,15,18-20,23-24H,2,7,9-14H2,1,3-6H3/t18?,19?,20-,23+,24?,27+,28-/m0/s1. The molecule has 0 spiro atoms. The second-order valence-corrected chi connectivity index (χ2v) is 11.2. The summed E-state index contributed by atoms with van der Waals surface area (Å²) in [4.78, 5) is 39.1. The molecular weight excluding hydrogens is 416 g/mol. The van der Waals surface area contributed by atoms with Gasteiger partial charge in [-0.05, 0) is 75.5 Å². The third kappa shape index (κ3) is 3.63. The molecule has 4 rings (SSSR count). The van der Waals surface area contributed by atoms with E-state index in [2.05, 4.69) is 33.4 Å². The van der Waals surface area contributed by atoms with Gasteiger partial charge >= 0.3 is 5.97 Å². The van der Waals surface area contributed by atoms with Crippen molar-refractivity contribution in [2.45, 2.75) is 65.7 Å². The van der Waals surface area contributed by atoms with Gasteiger partial charge in [-0.25, -0.2) is 0 Å². The molecule has 0 aromatic carbocycles. The zero-order valence-corrected chi connectivity index (χ0v) is 20.7. The Labute approximate surface area is 197 Å². The zero-order valence-electron chi connectivity index (χ0n) is 20.7. The van der Waals surface area contributed by atoms with E-state index < -0.39 is 5.41 Å². The Bertz CT molecular complexity index is 942. The van der Waals surface area contributed by atoms with Gasteiger partial charge in [-0.15, -0.1) is 0 Å². The van der Waals surface area contributed by atoms with Gasteiger partial charge in [-0.3, -0.25) is 14.4 Å². The second kappa shape index (κ2) is 8.56. The van der Waals surface area contributed by atoms with Crippen molar-refractivity contribution in [2.24, 2.45) is 40.4 Å². The van der Waals surface area contributed by atoms with Gasteiger partial charge in [0.25, 0.3) is 0 Å². The summed E-state index contributed by atoms with van der Waals surface area (Å²) in [5, 5.41) is 0. The SMILES string of the molecule is C=C1CC[C@@H]2[C@](C)(CCC[C@]2(C)C(=O)OC)[C@H]1CC1C(C)=CCC2C(=O)C=C(OC)C(=O)C21. The lowest BCUT2D eigenvalue weighted by molar-refractivity contribution is -0.168. The molecule has 5 nitrogen and oxygen atoms in total. The summed E-state index contributed by atoms with van der Waals surface area (Å²) < 4.78 is 10.6. The fourth-order valence-electron chi connectivity index (χ4n) is 7.91. The van der Waals surface area contributed by atoms with Crippen LogP contribution in [-0.4, -0.2) is 31.8 Å². The number of rotatable bonds is 4. The lowest BCUT2D eigenvalue weighted by atomic mass is 9.45. The summed E-state index contributed by atoms with van der Waals surface area (Å²) >= 11 is 0. The Balaban J connectivity index is 1.70. The van der Waals surface area contributed by atoms with Crippen molar-refractivity contribution in [1.82, 2.24) is 0 Å². The summed E-state index contributed by atoms with van der Waals surface area (Å²) in [5.74, 6) is -0.297. The molecule has 0 amide bonds. The van der Waals surface area contributed by atoms with Crippen molar-refractivity contribution in [3.63, 3.8) is 0 Å². The third-order valence-corrected chi connectivity index (χ3v) is 9.71. The Morgan fingerprint density at radius 1 is 1.21 bits per heavy atom. The lowest BCUT2D eigenvalue weighted by Crippen LogP contribution is -2.54. The van der Waals surface area contributed by atoms with E-state index in [1.807, 2.05) is 0 Å². The van der Waals surface area contributed by atoms with E-state index in [9.17, 15) is 14.4 Å². The van der Waals surface area contributed by atoms with E-state index in [-0.39, 0.29) is 58.3 Å². The fourth-order valence-corrected chi connectivity index (χ4v) is 7.91. The largest absolute Gasteiger partial charge is 0.493 e. The molecule has 5 heteroatoms. The average molecular weight is 455 g/mol. The maximum Gasteiger partial charge on any atom is 0.311 e. The van der Waals surface area contributed by atoms with Gasteiger partial charge in [-0.1, -0.05) is 37.1 Å². The van der Waals surface area contributed by atoms with Crippen LogP contribution >= 0.6 is 0 Å². The smallest absolute Gasteiger partial charge is 0.311 e. The van der Waals surface area contributed by atoms with E-state index in [0.29, 0.717) is 6.42 Å². The van der Waals surface area contributed by atoms with Crippen molar-refractivity contribution in [1.29, 1.82) is 0 Å². The first-order chi connectivity index (χ1) is 15.6. The number of esters is 1. The summed E-state index contributed by atoms with van der Waals surface area (Å²) in [6.07, 6.45) is 9.60. The van der Waals surface area contributed by atoms with Gasteiger partial charge in [0.15, 0.2) is 11.5 Å². The molecule has 33 heavy (non-hydrogen) atoms. The van der Waals surface area contributed by atoms with Crippen molar-refractivity contribution >= 4 is 17.5 Å². The van der Waals surface area contributed by atoms with Crippen LogP contribution in [0.4, 0.5) is 0 Å². The van der Waals surface area contributed by atoms with E-state index in [1.165, 1.54) is 31.4 Å². The zero-order chi connectivity index (χ0) is 24.1. The van der Waals surface area contributed by atoms with Crippen LogP contribution in [0.5, 0.6) is 0 Å². The molecule has 3 unspecified atom stereocenters. The normalized spacial score (nSPS) is 40.9. The van der Waals surface area contributed by atoms with E-state index in [0.717, 1.165) is 38.5 Å². The van der Waals surface area contributed by atoms with Crippen LogP contribution in [-0.2, 0) is 23.9 Å². The molecule has 0 heterocycles. The molecule has 2 saturated carbocycles. The summed E-state index contributed by atoms with van der Waals surface area (Å²) in [5.41, 5.74) is 1.81. The number of ether oxygens (including phenoxy) is 2. The third-order valence-electron chi connectivity index (χ3n) is 9.71. The molecule has 7 atom stereocenters. The molecular formula is C28H38O5. The van der Waals surface area contributed by atoms with E-state index in [1.54, 1.807) is 0 Å². The number of hydrogen-bond acceptors (Lipinski definition) is 5. The molecule has 4 aliphatic rings. The molecule has 0 radical (unpaired) electrons. The first-order valence-corrected chi connectivity index (χ1v) is 12.3. The van der Waals surface area contributed by atoms with Crippen molar-refractivity contribution in [2.75, 3.05) is 14.2 Å². The number of carbonyl (C=O) groups is 3. The number of hydrogen-bond donors (Lipinski definition) is 0. The van der Waals surface area contributed by atoms with Crippen LogP contribution in [0.3, 0.4) is 0 Å². The minimum atomic E-state index is -0.497. The Kier molecular flexibility index (Phi) is 6.22. The van der Waals surface area contributed by atoms with Gasteiger partial charge in [0, 0.05) is 17.9 Å². The Morgan fingerprint density at radius 3 is 2.61 bits per heavy atom. The Hall–Kier alpha value is -2.17. The van der Waals surface area contributed by atoms with Gasteiger partial charge in [0.1, 0.15) is 0 Å². The van der Waals surface area contributed by atoms with Crippen LogP contribution in [0.1, 0.15) is 65.7 Å². The first kappa shape index (κ1) is 24.0. The van der Waals surface area contributed by atoms with Crippen molar-refractivity contribution < 1.29 is 23.9 Å². The average Bonchev–Trinajstić information content (AvgIpc) is 2.78. The van der Waals surface area contributed by atoms with Crippen LogP contribution in [0.2, 0.25) is 0 Å². The summed E-state index contributed by atoms with van der Waals surface area (Å²) in [7, 11) is 2.95. The maximum absolute atomic E-state index is 13.4. The Morgan fingerprint density at radius 2 is 1.94 bits per heavy atom. The highest BCUT2D eigenvalue weighted by atomic mass is 16.5. The predicted octanol–water partition coefficient (Wildman–Crippen LogP) is 5.21. The van der Waals surface area contributed by atoms with Gasteiger partial charge in [0.05, 0.1) is 19.6 Å². The highest BCUT2D eigenvalue weighted by Crippen LogP contribution is 2.63. The molecule has 0 bridgehead atoms. The molecule has 0 aromatic heterocycles. The van der Waals surface area contributed by atoms with Crippen LogP contribution < -0.4 is 0 Å². The number of allylic oxidation sites excluding steroid dienone is 5. The van der Waals surface area contributed by atoms with Crippen LogP contribution in [0.25, 0.3) is 0 Å². The molecule has 0 aliphatic heterocycles. The monoisotopic (exact) mass is 454 g/mol. The summed E-state index contributed by atoms with van der Waals surface area (Å²) in [6.45, 7) is 11.0. The topological polar surface area (TPSA) is 69.7 Å². The lowest BCUT2D eigenvalue weighted by Gasteiger charge is -2.58. The van der Waals surface area contributed by atoms with Gasteiger partial charge < -0.3 is 9.47 Å². The number of carbonyl (C=O) groups excluding carboxylic acids is 3.